The Morgan fingerprint density at radius 3 is 2.79 bits per heavy atom. The molecule has 2 heteroatoms. The molecule has 1 aromatic rings. The highest BCUT2D eigenvalue weighted by Crippen LogP contribution is 2.53. The fourth-order valence-electron chi connectivity index (χ4n) is 2.52. The Kier molecular flexibility index (Phi) is 1.44. The fraction of sp³-hybridized carbons (Fsp3) is 0.500. The molecule has 1 aromatic carbocycles. The number of ether oxygens (including phenoxy) is 1. The highest BCUT2D eigenvalue weighted by Gasteiger charge is 2.56. The van der Waals surface area contributed by atoms with Gasteiger partial charge in [0.25, 0.3) is 0 Å². The zero-order valence-corrected chi connectivity index (χ0v) is 8.40. The van der Waals surface area contributed by atoms with Crippen LogP contribution in [0.4, 0.5) is 0 Å². The molecule has 1 N–H and O–H groups in total. The van der Waals surface area contributed by atoms with Crippen molar-refractivity contribution >= 4 is 0 Å². The summed E-state index contributed by atoms with van der Waals surface area (Å²) in [6, 6.07) is 8.26. The van der Waals surface area contributed by atoms with E-state index in [0.29, 0.717) is 0 Å². The van der Waals surface area contributed by atoms with Crippen LogP contribution in [0.1, 0.15) is 31.1 Å². The number of hydrogen-bond donors (Lipinski definition) is 1. The molecule has 1 saturated heterocycles. The number of aliphatic hydroxyl groups is 1. The average Bonchev–Trinajstić information content (AvgIpc) is 2.95. The van der Waals surface area contributed by atoms with Crippen molar-refractivity contribution in [3.05, 3.63) is 35.4 Å². The summed E-state index contributed by atoms with van der Waals surface area (Å²) in [5.41, 5.74) is 2.30. The lowest BCUT2D eigenvalue weighted by molar-refractivity contribution is 0.0693. The van der Waals surface area contributed by atoms with Gasteiger partial charge in [-0.2, -0.15) is 0 Å². The lowest BCUT2D eigenvalue weighted by Crippen LogP contribution is -2.41. The van der Waals surface area contributed by atoms with Crippen LogP contribution in [0.2, 0.25) is 0 Å². The topological polar surface area (TPSA) is 32.8 Å². The van der Waals surface area contributed by atoms with Crippen LogP contribution in [0.15, 0.2) is 24.3 Å². The first-order chi connectivity index (χ1) is 6.62. The van der Waals surface area contributed by atoms with Crippen LogP contribution in [-0.4, -0.2) is 17.3 Å². The minimum atomic E-state index is -0.373. The summed E-state index contributed by atoms with van der Waals surface area (Å²) in [4.78, 5) is 0. The van der Waals surface area contributed by atoms with E-state index in [1.54, 1.807) is 0 Å². The Morgan fingerprint density at radius 2 is 2.00 bits per heavy atom. The van der Waals surface area contributed by atoms with Crippen molar-refractivity contribution < 1.29 is 9.84 Å². The zero-order valence-electron chi connectivity index (χ0n) is 8.40. The zero-order chi connectivity index (χ0) is 9.92. The second kappa shape index (κ2) is 2.38. The average molecular weight is 190 g/mol. The number of epoxide rings is 1. The molecule has 0 saturated carbocycles. The largest absolute Gasteiger partial charge is 0.389 e. The van der Waals surface area contributed by atoms with Gasteiger partial charge < -0.3 is 9.84 Å². The molecule has 1 aliphatic heterocycles. The van der Waals surface area contributed by atoms with Crippen molar-refractivity contribution in [2.75, 3.05) is 0 Å². The monoisotopic (exact) mass is 190 g/mol. The molecule has 0 unspecified atom stereocenters. The van der Waals surface area contributed by atoms with Gasteiger partial charge in [0.05, 0.1) is 6.10 Å². The molecule has 14 heavy (non-hydrogen) atoms. The molecular formula is C12H14O2. The second-order valence-electron chi connectivity index (χ2n) is 4.78. The standard InChI is InChI=1S/C12H14O2/c1-12(2)8-6-4-3-5-7(8)9-10(14-9)11(12)13/h3-6,9-11,13H,1-2H3/t9-,10-,11-/m0/s1. The molecule has 2 aliphatic rings. The third-order valence-electron chi connectivity index (χ3n) is 3.54. The van der Waals surface area contributed by atoms with Crippen LogP contribution in [0.25, 0.3) is 0 Å². The van der Waals surface area contributed by atoms with Gasteiger partial charge in [-0.15, -0.1) is 0 Å². The van der Waals surface area contributed by atoms with E-state index in [0.717, 1.165) is 0 Å². The molecular weight excluding hydrogens is 176 g/mol. The maximum atomic E-state index is 10.1. The van der Waals surface area contributed by atoms with Crippen molar-refractivity contribution in [3.8, 4) is 0 Å². The Hall–Kier alpha value is -0.860. The minimum Gasteiger partial charge on any atom is -0.389 e. The molecule has 1 heterocycles. The Morgan fingerprint density at radius 1 is 1.29 bits per heavy atom. The highest BCUT2D eigenvalue weighted by atomic mass is 16.6. The van der Waals surface area contributed by atoms with Gasteiger partial charge in [-0.25, -0.2) is 0 Å². The lowest BCUT2D eigenvalue weighted by atomic mass is 9.71. The summed E-state index contributed by atoms with van der Waals surface area (Å²) in [6.45, 7) is 4.16. The van der Waals surface area contributed by atoms with Gasteiger partial charge in [-0.1, -0.05) is 38.1 Å². The van der Waals surface area contributed by atoms with E-state index in [2.05, 4.69) is 26.0 Å². The second-order valence-corrected chi connectivity index (χ2v) is 4.78. The Labute approximate surface area is 83.5 Å². The first-order valence-corrected chi connectivity index (χ1v) is 5.05. The van der Waals surface area contributed by atoms with Gasteiger partial charge in [-0.3, -0.25) is 0 Å². The van der Waals surface area contributed by atoms with Crippen molar-refractivity contribution in [1.82, 2.24) is 0 Å². The summed E-state index contributed by atoms with van der Waals surface area (Å²) in [5.74, 6) is 0. The molecule has 3 rings (SSSR count). The van der Waals surface area contributed by atoms with Gasteiger partial charge >= 0.3 is 0 Å². The maximum Gasteiger partial charge on any atom is 0.115 e. The molecule has 74 valence electrons. The lowest BCUT2D eigenvalue weighted by Gasteiger charge is -2.34. The maximum absolute atomic E-state index is 10.1. The van der Waals surface area contributed by atoms with E-state index in [4.69, 9.17) is 4.74 Å². The first kappa shape index (κ1) is 8.45. The molecule has 3 atom stereocenters. The molecule has 0 spiro atoms. The van der Waals surface area contributed by atoms with Crippen LogP contribution < -0.4 is 0 Å². The van der Waals surface area contributed by atoms with Crippen LogP contribution in [0.5, 0.6) is 0 Å². The Balaban J connectivity index is 2.21. The fourth-order valence-corrected chi connectivity index (χ4v) is 2.52. The van der Waals surface area contributed by atoms with E-state index in [1.165, 1.54) is 11.1 Å². The van der Waals surface area contributed by atoms with Gasteiger partial charge in [0, 0.05) is 5.41 Å². The van der Waals surface area contributed by atoms with Gasteiger partial charge in [-0.05, 0) is 11.1 Å². The van der Waals surface area contributed by atoms with Crippen molar-refractivity contribution in [3.63, 3.8) is 0 Å². The van der Waals surface area contributed by atoms with Crippen LogP contribution >= 0.6 is 0 Å². The van der Waals surface area contributed by atoms with E-state index in [-0.39, 0.29) is 23.7 Å². The van der Waals surface area contributed by atoms with E-state index >= 15 is 0 Å². The quantitative estimate of drug-likeness (QED) is 0.632. The normalized spacial score (nSPS) is 37.2. The summed E-state index contributed by atoms with van der Waals surface area (Å²) in [5, 5.41) is 10.1. The molecule has 0 radical (unpaired) electrons. The van der Waals surface area contributed by atoms with Crippen LogP contribution in [0.3, 0.4) is 0 Å². The van der Waals surface area contributed by atoms with E-state index < -0.39 is 0 Å². The molecule has 2 nitrogen and oxygen atoms in total. The smallest absolute Gasteiger partial charge is 0.115 e. The number of rotatable bonds is 0. The van der Waals surface area contributed by atoms with Crippen molar-refractivity contribution in [2.45, 2.75) is 37.6 Å². The molecule has 1 aliphatic carbocycles. The SMILES string of the molecule is CC1(C)c2ccccc2[C@@H]2O[C@@H]2[C@@H]1O. The van der Waals surface area contributed by atoms with Crippen LogP contribution in [-0.2, 0) is 10.2 Å². The molecule has 0 amide bonds. The summed E-state index contributed by atoms with van der Waals surface area (Å²) in [7, 11) is 0. The van der Waals surface area contributed by atoms with Gasteiger partial charge in [0.2, 0.25) is 0 Å². The van der Waals surface area contributed by atoms with Crippen molar-refractivity contribution in [2.24, 2.45) is 0 Å². The van der Waals surface area contributed by atoms with Gasteiger partial charge in [0.15, 0.2) is 0 Å². The number of aliphatic hydroxyl groups excluding tert-OH is 1. The minimum absolute atomic E-state index is 0.0277. The molecule has 0 bridgehead atoms. The van der Waals surface area contributed by atoms with Crippen molar-refractivity contribution in [1.29, 1.82) is 0 Å². The molecule has 1 fully saturated rings. The van der Waals surface area contributed by atoms with E-state index in [1.807, 2.05) is 12.1 Å². The van der Waals surface area contributed by atoms with Gasteiger partial charge in [0.1, 0.15) is 12.2 Å². The number of benzene rings is 1. The highest BCUT2D eigenvalue weighted by molar-refractivity contribution is 5.43. The predicted octanol–water partition coefficient (Wildman–Crippen LogP) is 1.78. The summed E-state index contributed by atoms with van der Waals surface area (Å²) in [6.07, 6.45) is -0.198. The number of fused-ring (bicyclic) bond motifs is 3. The Bertz CT molecular complexity index is 384. The third-order valence-corrected chi connectivity index (χ3v) is 3.54. The predicted molar refractivity (Wildman–Crippen MR) is 53.1 cm³/mol. The third kappa shape index (κ3) is 0.877. The summed E-state index contributed by atoms with van der Waals surface area (Å²) < 4.78 is 5.50. The number of hydrogen-bond acceptors (Lipinski definition) is 2. The van der Waals surface area contributed by atoms with E-state index in [9.17, 15) is 5.11 Å². The first-order valence-electron chi connectivity index (χ1n) is 5.05. The van der Waals surface area contributed by atoms with Crippen LogP contribution in [0, 0.1) is 0 Å². The molecule has 0 aromatic heterocycles. The summed E-state index contributed by atoms with van der Waals surface area (Å²) >= 11 is 0.